The molecule has 1 aromatic heterocycles. The Balaban J connectivity index is 2.06. The minimum absolute atomic E-state index is 0.911. The number of para-hydroxylation sites is 1. The van der Waals surface area contributed by atoms with Crippen LogP contribution in [0.25, 0.3) is 11.0 Å². The Labute approximate surface area is 113 Å². The predicted octanol–water partition coefficient (Wildman–Crippen LogP) is 3.84. The molecule has 0 aliphatic heterocycles. The maximum atomic E-state index is 5.88. The van der Waals surface area contributed by atoms with Gasteiger partial charge in [-0.05, 0) is 31.0 Å². The summed E-state index contributed by atoms with van der Waals surface area (Å²) in [4.78, 5) is 0. The Bertz CT molecular complexity index is 492. The van der Waals surface area contributed by atoms with Crippen molar-refractivity contribution in [2.45, 2.75) is 26.3 Å². The molecule has 0 fully saturated rings. The van der Waals surface area contributed by atoms with Gasteiger partial charge in [-0.1, -0.05) is 25.1 Å². The number of hydrogen-bond acceptors (Lipinski definition) is 3. The monoisotopic (exact) mass is 263 g/mol. The lowest BCUT2D eigenvalue weighted by molar-refractivity contribution is 0.544. The van der Waals surface area contributed by atoms with E-state index in [4.69, 9.17) is 4.42 Å². The van der Waals surface area contributed by atoms with E-state index in [9.17, 15) is 0 Å². The normalized spacial score (nSPS) is 11.2. The van der Waals surface area contributed by atoms with Gasteiger partial charge < -0.3 is 9.73 Å². The van der Waals surface area contributed by atoms with Crippen molar-refractivity contribution in [1.82, 2.24) is 5.32 Å². The highest BCUT2D eigenvalue weighted by Crippen LogP contribution is 2.26. The van der Waals surface area contributed by atoms with Crippen LogP contribution in [-0.2, 0) is 13.0 Å². The van der Waals surface area contributed by atoms with Crippen LogP contribution in [0.5, 0.6) is 0 Å². The molecule has 0 radical (unpaired) electrons. The summed E-state index contributed by atoms with van der Waals surface area (Å²) in [5.41, 5.74) is 2.34. The van der Waals surface area contributed by atoms with Crippen LogP contribution in [0.3, 0.4) is 0 Å². The third kappa shape index (κ3) is 3.09. The first-order valence-electron chi connectivity index (χ1n) is 6.55. The number of furan rings is 1. The van der Waals surface area contributed by atoms with Gasteiger partial charge in [0.05, 0.1) is 0 Å². The van der Waals surface area contributed by atoms with Crippen molar-refractivity contribution >= 4 is 22.7 Å². The van der Waals surface area contributed by atoms with Crippen LogP contribution in [0, 0.1) is 0 Å². The van der Waals surface area contributed by atoms with Crippen molar-refractivity contribution in [3.8, 4) is 0 Å². The lowest BCUT2D eigenvalue weighted by Gasteiger charge is -2.04. The number of thioether (sulfide) groups is 1. The van der Waals surface area contributed by atoms with Gasteiger partial charge in [-0.2, -0.15) is 11.8 Å². The Kier molecular flexibility index (Phi) is 5.14. The highest BCUT2D eigenvalue weighted by molar-refractivity contribution is 7.98. The lowest BCUT2D eigenvalue weighted by Crippen LogP contribution is -2.15. The summed E-state index contributed by atoms with van der Waals surface area (Å²) < 4.78 is 5.88. The van der Waals surface area contributed by atoms with E-state index in [1.807, 2.05) is 23.9 Å². The van der Waals surface area contributed by atoms with Gasteiger partial charge in [-0.25, -0.2) is 0 Å². The molecule has 0 amide bonds. The first-order valence-corrected chi connectivity index (χ1v) is 7.95. The van der Waals surface area contributed by atoms with E-state index in [1.54, 1.807) is 0 Å². The second-order valence-electron chi connectivity index (χ2n) is 4.38. The Morgan fingerprint density at radius 1 is 1.28 bits per heavy atom. The number of benzene rings is 1. The van der Waals surface area contributed by atoms with Crippen molar-refractivity contribution in [3.63, 3.8) is 0 Å². The van der Waals surface area contributed by atoms with Crippen molar-refractivity contribution < 1.29 is 4.42 Å². The lowest BCUT2D eigenvalue weighted by atomic mass is 10.1. The molecular formula is C15H21NOS. The maximum Gasteiger partial charge on any atom is 0.134 e. The van der Waals surface area contributed by atoms with E-state index in [0.29, 0.717) is 0 Å². The molecule has 2 rings (SSSR count). The Morgan fingerprint density at radius 3 is 2.89 bits per heavy atom. The average Bonchev–Trinajstić information content (AvgIpc) is 2.77. The molecule has 0 saturated carbocycles. The van der Waals surface area contributed by atoms with E-state index in [0.717, 1.165) is 30.9 Å². The molecule has 0 atom stereocenters. The summed E-state index contributed by atoms with van der Waals surface area (Å²) in [6.07, 6.45) is 4.33. The molecule has 0 aliphatic rings. The zero-order valence-electron chi connectivity index (χ0n) is 11.2. The van der Waals surface area contributed by atoms with Crippen molar-refractivity contribution in [2.75, 3.05) is 18.6 Å². The number of nitrogens with one attached hydrogen (secondary N) is 1. The third-order valence-corrected chi connectivity index (χ3v) is 3.80. The first-order chi connectivity index (χ1) is 8.86. The van der Waals surface area contributed by atoms with Crippen LogP contribution < -0.4 is 5.32 Å². The first kappa shape index (κ1) is 13.5. The van der Waals surface area contributed by atoms with Crippen LogP contribution in [0.1, 0.15) is 24.7 Å². The molecule has 1 heterocycles. The molecular weight excluding hydrogens is 242 g/mol. The molecule has 0 aliphatic carbocycles. The summed E-state index contributed by atoms with van der Waals surface area (Å²) in [5, 5.41) is 4.77. The van der Waals surface area contributed by atoms with E-state index >= 15 is 0 Å². The second-order valence-corrected chi connectivity index (χ2v) is 5.36. The zero-order valence-corrected chi connectivity index (χ0v) is 12.0. The fourth-order valence-electron chi connectivity index (χ4n) is 2.18. The third-order valence-electron chi connectivity index (χ3n) is 3.11. The minimum atomic E-state index is 0.911. The maximum absolute atomic E-state index is 5.88. The smallest absolute Gasteiger partial charge is 0.134 e. The summed E-state index contributed by atoms with van der Waals surface area (Å²) in [6.45, 7) is 4.13. The minimum Gasteiger partial charge on any atom is -0.461 e. The van der Waals surface area contributed by atoms with Crippen LogP contribution in [0.15, 0.2) is 28.7 Å². The summed E-state index contributed by atoms with van der Waals surface area (Å²) in [6, 6.07) is 8.30. The quantitative estimate of drug-likeness (QED) is 0.768. The fourth-order valence-corrected chi connectivity index (χ4v) is 2.62. The van der Waals surface area contributed by atoms with E-state index in [2.05, 4.69) is 30.6 Å². The molecule has 0 saturated heterocycles. The van der Waals surface area contributed by atoms with Gasteiger partial charge >= 0.3 is 0 Å². The number of fused-ring (bicyclic) bond motifs is 1. The highest BCUT2D eigenvalue weighted by Gasteiger charge is 2.11. The summed E-state index contributed by atoms with van der Waals surface area (Å²) >= 11 is 1.90. The SMILES string of the molecule is CCc1oc2ccccc2c1CNCCCSC. The standard InChI is InChI=1S/C15H21NOS/c1-3-14-13(11-16-9-6-10-18-2)12-7-4-5-8-15(12)17-14/h4-5,7-8,16H,3,6,9-11H2,1-2H3. The van der Waals surface area contributed by atoms with E-state index < -0.39 is 0 Å². The van der Waals surface area contributed by atoms with Crippen LogP contribution >= 0.6 is 11.8 Å². The van der Waals surface area contributed by atoms with Gasteiger partial charge in [0, 0.05) is 23.9 Å². The molecule has 0 unspecified atom stereocenters. The molecule has 1 N–H and O–H groups in total. The average molecular weight is 263 g/mol. The molecule has 98 valence electrons. The van der Waals surface area contributed by atoms with Crippen LogP contribution in [0.4, 0.5) is 0 Å². The highest BCUT2D eigenvalue weighted by atomic mass is 32.2. The summed E-state index contributed by atoms with van der Waals surface area (Å²) in [7, 11) is 0. The zero-order chi connectivity index (χ0) is 12.8. The Hall–Kier alpha value is -0.930. The van der Waals surface area contributed by atoms with Crippen molar-refractivity contribution in [3.05, 3.63) is 35.6 Å². The fraction of sp³-hybridized carbons (Fsp3) is 0.467. The molecule has 1 aromatic carbocycles. The molecule has 2 nitrogen and oxygen atoms in total. The van der Waals surface area contributed by atoms with E-state index in [-0.39, 0.29) is 0 Å². The molecule has 3 heteroatoms. The number of aryl methyl sites for hydroxylation is 1. The number of hydrogen-bond donors (Lipinski definition) is 1. The van der Waals surface area contributed by atoms with Crippen molar-refractivity contribution in [1.29, 1.82) is 0 Å². The molecule has 0 spiro atoms. The Morgan fingerprint density at radius 2 is 2.11 bits per heavy atom. The van der Waals surface area contributed by atoms with Crippen molar-refractivity contribution in [2.24, 2.45) is 0 Å². The van der Waals surface area contributed by atoms with Gasteiger partial charge in [0.2, 0.25) is 0 Å². The van der Waals surface area contributed by atoms with Gasteiger partial charge in [0.1, 0.15) is 11.3 Å². The largest absolute Gasteiger partial charge is 0.461 e. The topological polar surface area (TPSA) is 25.2 Å². The molecule has 2 aromatic rings. The van der Waals surface area contributed by atoms with Gasteiger partial charge in [-0.15, -0.1) is 0 Å². The van der Waals surface area contributed by atoms with Crippen LogP contribution in [0.2, 0.25) is 0 Å². The van der Waals surface area contributed by atoms with E-state index in [1.165, 1.54) is 23.1 Å². The van der Waals surface area contributed by atoms with Gasteiger partial charge in [0.25, 0.3) is 0 Å². The molecule has 0 bridgehead atoms. The second kappa shape index (κ2) is 6.86. The molecule has 18 heavy (non-hydrogen) atoms. The van der Waals surface area contributed by atoms with Gasteiger partial charge in [0.15, 0.2) is 0 Å². The summed E-state index contributed by atoms with van der Waals surface area (Å²) in [5.74, 6) is 2.34. The van der Waals surface area contributed by atoms with Crippen LogP contribution in [-0.4, -0.2) is 18.6 Å². The predicted molar refractivity (Wildman–Crippen MR) is 80.3 cm³/mol. The number of rotatable bonds is 7. The van der Waals surface area contributed by atoms with Gasteiger partial charge in [-0.3, -0.25) is 0 Å².